The van der Waals surface area contributed by atoms with Gasteiger partial charge in [-0.25, -0.2) is 4.98 Å². The number of oxazole rings is 1. The number of carbonyl (C=O) groups excluding carboxylic acids is 2. The van der Waals surface area contributed by atoms with Crippen LogP contribution in [0.15, 0.2) is 57.6 Å². The molecule has 3 rings (SSSR count). The second-order valence-electron chi connectivity index (χ2n) is 6.61. The molecule has 1 heterocycles. The number of hydrogen-bond acceptors (Lipinski definition) is 7. The third-order valence-corrected chi connectivity index (χ3v) is 4.89. The van der Waals surface area contributed by atoms with Gasteiger partial charge in [0.25, 0.3) is 11.6 Å². The Morgan fingerprint density at radius 3 is 2.65 bits per heavy atom. The first-order chi connectivity index (χ1) is 14.8. The molecule has 0 unspecified atom stereocenters. The van der Waals surface area contributed by atoms with Crippen LogP contribution in [0.3, 0.4) is 0 Å². The summed E-state index contributed by atoms with van der Waals surface area (Å²) in [6.07, 6.45) is 1.84. The quantitative estimate of drug-likeness (QED) is 0.282. The summed E-state index contributed by atoms with van der Waals surface area (Å²) in [6.45, 7) is 1.51. The molecule has 0 radical (unpaired) electrons. The average Bonchev–Trinajstić information content (AvgIpc) is 3.21. The highest BCUT2D eigenvalue weighted by Gasteiger charge is 2.14. The van der Waals surface area contributed by atoms with Crippen LogP contribution >= 0.6 is 15.9 Å². The zero-order valence-electron chi connectivity index (χ0n) is 16.5. The zero-order valence-corrected chi connectivity index (χ0v) is 18.0. The van der Waals surface area contributed by atoms with Crippen LogP contribution in [0.1, 0.15) is 17.9 Å². The van der Waals surface area contributed by atoms with E-state index in [-0.39, 0.29) is 18.5 Å². The first kappa shape index (κ1) is 22.2. The van der Waals surface area contributed by atoms with Gasteiger partial charge in [0.05, 0.1) is 23.2 Å². The predicted octanol–water partition coefficient (Wildman–Crippen LogP) is 4.44. The molecular formula is C21H18BrN3O6. The zero-order chi connectivity index (χ0) is 22.4. The number of rotatable bonds is 8. The maximum Gasteiger partial charge on any atom is 0.306 e. The average molecular weight is 488 g/mol. The Bertz CT molecular complexity index is 1110. The first-order valence-corrected chi connectivity index (χ1v) is 10.0. The molecule has 31 heavy (non-hydrogen) atoms. The summed E-state index contributed by atoms with van der Waals surface area (Å²) < 4.78 is 11.0. The SMILES string of the molecule is Cc1ccc(-c2cnc(CCC(=O)OCC(=O)Nc3ccc([N+](=O)[O-])cc3Br)o2)cc1. The number of hydrogen-bond donors (Lipinski definition) is 1. The molecular weight excluding hydrogens is 470 g/mol. The van der Waals surface area contributed by atoms with E-state index in [1.54, 1.807) is 6.20 Å². The number of nitro groups is 1. The van der Waals surface area contributed by atoms with Crippen molar-refractivity contribution in [3.8, 4) is 11.3 Å². The molecule has 160 valence electrons. The Balaban J connectivity index is 1.44. The van der Waals surface area contributed by atoms with E-state index in [1.807, 2.05) is 31.2 Å². The highest BCUT2D eigenvalue weighted by atomic mass is 79.9. The van der Waals surface area contributed by atoms with Crippen LogP contribution in [0.5, 0.6) is 0 Å². The number of nitro benzene ring substituents is 1. The molecule has 0 saturated heterocycles. The fraction of sp³-hybridized carbons (Fsp3) is 0.190. The molecule has 0 aliphatic heterocycles. The third kappa shape index (κ3) is 6.22. The predicted molar refractivity (Wildman–Crippen MR) is 115 cm³/mol. The molecule has 0 aliphatic rings. The van der Waals surface area contributed by atoms with Crippen molar-refractivity contribution in [2.24, 2.45) is 0 Å². The molecule has 0 bridgehead atoms. The Morgan fingerprint density at radius 1 is 1.23 bits per heavy atom. The maximum atomic E-state index is 12.0. The lowest BCUT2D eigenvalue weighted by Crippen LogP contribution is -2.21. The summed E-state index contributed by atoms with van der Waals surface area (Å²) in [5.41, 5.74) is 2.24. The molecule has 1 aromatic heterocycles. The van der Waals surface area contributed by atoms with Gasteiger partial charge in [0.1, 0.15) is 0 Å². The number of nitrogens with one attached hydrogen (secondary N) is 1. The number of amides is 1. The Kier molecular flexibility index (Phi) is 7.14. The minimum absolute atomic E-state index is 0.00234. The van der Waals surface area contributed by atoms with Crippen LogP contribution in [-0.4, -0.2) is 28.4 Å². The molecule has 3 aromatic rings. The van der Waals surface area contributed by atoms with E-state index in [2.05, 4.69) is 26.2 Å². The van der Waals surface area contributed by atoms with E-state index in [1.165, 1.54) is 18.2 Å². The van der Waals surface area contributed by atoms with Gasteiger partial charge < -0.3 is 14.5 Å². The van der Waals surface area contributed by atoms with Gasteiger partial charge in [-0.1, -0.05) is 29.8 Å². The number of aryl methyl sites for hydroxylation is 2. The fourth-order valence-corrected chi connectivity index (χ4v) is 3.08. The van der Waals surface area contributed by atoms with E-state index in [9.17, 15) is 19.7 Å². The standard InChI is InChI=1S/C21H18BrN3O6/c1-13-2-4-14(5-3-13)18-11-23-20(31-18)8-9-21(27)30-12-19(26)24-17-7-6-15(25(28)29)10-16(17)22/h2-7,10-11H,8-9,12H2,1H3,(H,24,26). The highest BCUT2D eigenvalue weighted by Crippen LogP contribution is 2.27. The lowest BCUT2D eigenvalue weighted by molar-refractivity contribution is -0.384. The van der Waals surface area contributed by atoms with Gasteiger partial charge in [0.15, 0.2) is 18.3 Å². The summed E-state index contributed by atoms with van der Waals surface area (Å²) in [5.74, 6) is -0.142. The first-order valence-electron chi connectivity index (χ1n) is 9.23. The molecule has 2 aromatic carbocycles. The van der Waals surface area contributed by atoms with Crippen LogP contribution < -0.4 is 5.32 Å². The van der Waals surface area contributed by atoms with Crippen molar-refractivity contribution in [3.63, 3.8) is 0 Å². The summed E-state index contributed by atoms with van der Waals surface area (Å²) in [6, 6.07) is 11.7. The second kappa shape index (κ2) is 9.98. The van der Waals surface area contributed by atoms with Crippen LogP contribution in [0.4, 0.5) is 11.4 Å². The van der Waals surface area contributed by atoms with Gasteiger partial charge in [-0.2, -0.15) is 0 Å². The largest absolute Gasteiger partial charge is 0.456 e. The van der Waals surface area contributed by atoms with Gasteiger partial charge in [-0.05, 0) is 28.9 Å². The van der Waals surface area contributed by atoms with Crippen molar-refractivity contribution >= 4 is 39.2 Å². The molecule has 0 fully saturated rings. The summed E-state index contributed by atoms with van der Waals surface area (Å²) in [5, 5.41) is 13.3. The van der Waals surface area contributed by atoms with Crippen molar-refractivity contribution in [2.75, 3.05) is 11.9 Å². The van der Waals surface area contributed by atoms with Crippen molar-refractivity contribution in [3.05, 3.63) is 74.7 Å². The number of ether oxygens (including phenoxy) is 1. The van der Waals surface area contributed by atoms with Gasteiger partial charge in [-0.3, -0.25) is 19.7 Å². The van der Waals surface area contributed by atoms with Crippen molar-refractivity contribution < 1.29 is 23.7 Å². The molecule has 1 amide bonds. The van der Waals surface area contributed by atoms with Crippen molar-refractivity contribution in [1.82, 2.24) is 4.98 Å². The van der Waals surface area contributed by atoms with Gasteiger partial charge in [0, 0.05) is 28.6 Å². The summed E-state index contributed by atoms with van der Waals surface area (Å²) in [7, 11) is 0. The normalized spacial score (nSPS) is 10.5. The van der Waals surface area contributed by atoms with E-state index in [0.717, 1.165) is 11.1 Å². The Hall–Kier alpha value is -3.53. The summed E-state index contributed by atoms with van der Waals surface area (Å²) in [4.78, 5) is 38.2. The number of nitrogens with zero attached hydrogens (tertiary/aromatic N) is 2. The van der Waals surface area contributed by atoms with Gasteiger partial charge >= 0.3 is 5.97 Å². The fourth-order valence-electron chi connectivity index (χ4n) is 2.61. The van der Waals surface area contributed by atoms with Crippen LogP contribution in [-0.2, 0) is 20.7 Å². The number of halogens is 1. The lowest BCUT2D eigenvalue weighted by atomic mass is 10.1. The number of esters is 1. The third-order valence-electron chi connectivity index (χ3n) is 4.23. The van der Waals surface area contributed by atoms with Crippen LogP contribution in [0, 0.1) is 17.0 Å². The van der Waals surface area contributed by atoms with Gasteiger partial charge in [0.2, 0.25) is 0 Å². The smallest absolute Gasteiger partial charge is 0.306 e. The Labute approximate surface area is 185 Å². The monoisotopic (exact) mass is 487 g/mol. The number of anilines is 1. The Morgan fingerprint density at radius 2 is 1.97 bits per heavy atom. The summed E-state index contributed by atoms with van der Waals surface area (Å²) >= 11 is 3.15. The molecule has 1 N–H and O–H groups in total. The molecule has 10 heteroatoms. The second-order valence-corrected chi connectivity index (χ2v) is 7.47. The number of aromatic nitrogens is 1. The minimum Gasteiger partial charge on any atom is -0.456 e. The van der Waals surface area contributed by atoms with Crippen LogP contribution in [0.2, 0.25) is 0 Å². The highest BCUT2D eigenvalue weighted by molar-refractivity contribution is 9.10. The van der Waals surface area contributed by atoms with Crippen molar-refractivity contribution in [2.45, 2.75) is 19.8 Å². The molecule has 0 saturated carbocycles. The van der Waals surface area contributed by atoms with E-state index in [4.69, 9.17) is 9.15 Å². The van der Waals surface area contributed by atoms with Crippen molar-refractivity contribution in [1.29, 1.82) is 0 Å². The molecule has 0 atom stereocenters. The van der Waals surface area contributed by atoms with E-state index in [0.29, 0.717) is 21.8 Å². The molecule has 0 spiro atoms. The van der Waals surface area contributed by atoms with E-state index >= 15 is 0 Å². The maximum absolute atomic E-state index is 12.0. The van der Waals surface area contributed by atoms with Gasteiger partial charge in [-0.15, -0.1) is 0 Å². The molecule has 9 nitrogen and oxygen atoms in total. The lowest BCUT2D eigenvalue weighted by Gasteiger charge is -2.08. The number of non-ortho nitro benzene ring substituents is 1. The van der Waals surface area contributed by atoms with E-state index < -0.39 is 23.4 Å². The molecule has 0 aliphatic carbocycles. The number of carbonyl (C=O) groups is 2. The number of benzene rings is 2. The topological polar surface area (TPSA) is 125 Å². The minimum atomic E-state index is -0.576. The van der Waals surface area contributed by atoms with Crippen LogP contribution in [0.25, 0.3) is 11.3 Å².